The fraction of sp³-hybridized carbons (Fsp3) is 0.875. The van der Waals surface area contributed by atoms with Crippen LogP contribution in [0.5, 0.6) is 0 Å². The fourth-order valence-corrected chi connectivity index (χ4v) is 1.41. The van der Waals surface area contributed by atoms with Gasteiger partial charge in [0.15, 0.2) is 0 Å². The van der Waals surface area contributed by atoms with Gasteiger partial charge in [-0.15, -0.1) is 0 Å². The van der Waals surface area contributed by atoms with Crippen LogP contribution in [-0.4, -0.2) is 37.8 Å². The van der Waals surface area contributed by atoms with Crippen molar-refractivity contribution in [2.75, 3.05) is 26.2 Å². The molecule has 1 heterocycles. The van der Waals surface area contributed by atoms with Crippen molar-refractivity contribution in [2.45, 2.75) is 19.3 Å². The molecule has 2 nitrogen and oxygen atoms in total. The summed E-state index contributed by atoms with van der Waals surface area (Å²) in [6.45, 7) is 8.21. The van der Waals surface area contributed by atoms with Crippen LogP contribution in [0.1, 0.15) is 19.3 Å². The van der Waals surface area contributed by atoms with Gasteiger partial charge >= 0.3 is 0 Å². The van der Waals surface area contributed by atoms with E-state index in [1.54, 1.807) is 0 Å². The van der Waals surface area contributed by atoms with E-state index in [-0.39, 0.29) is 0 Å². The molecule has 1 fully saturated rings. The predicted molar refractivity (Wildman–Crippen MR) is 44.7 cm³/mol. The zero-order valence-electron chi connectivity index (χ0n) is 6.55. The second kappa shape index (κ2) is 4.45. The first-order chi connectivity index (χ1) is 4.93. The molecule has 2 heteroatoms. The Hall–Kier alpha value is -0.370. The molecule has 58 valence electrons. The van der Waals surface area contributed by atoms with Gasteiger partial charge in [0.05, 0.1) is 0 Å². The summed E-state index contributed by atoms with van der Waals surface area (Å²) >= 11 is 0. The Morgan fingerprint density at radius 3 is 2.60 bits per heavy atom. The smallest absolute Gasteiger partial charge is 0.0394 e. The van der Waals surface area contributed by atoms with Gasteiger partial charge in [-0.1, -0.05) is 0 Å². The third-order valence-corrected chi connectivity index (χ3v) is 1.99. The highest BCUT2D eigenvalue weighted by atomic mass is 15.1. The van der Waals surface area contributed by atoms with E-state index < -0.39 is 0 Å². The second-order valence-corrected chi connectivity index (χ2v) is 2.85. The fourth-order valence-electron chi connectivity index (χ4n) is 1.41. The van der Waals surface area contributed by atoms with Crippen LogP contribution in [0, 0.1) is 0 Å². The molecule has 0 N–H and O–H groups in total. The standard InChI is InChI=1S/C8H16N2/c1-9-5-4-8-10-6-2-3-7-10/h1-8H2. The lowest BCUT2D eigenvalue weighted by molar-refractivity contribution is 0.336. The minimum Gasteiger partial charge on any atom is -0.303 e. The normalized spacial score (nSPS) is 19.6. The molecule has 1 aliphatic rings. The predicted octanol–water partition coefficient (Wildman–Crippen LogP) is 1.17. The number of nitrogens with zero attached hydrogens (tertiary/aromatic N) is 2. The molecule has 0 bridgehead atoms. The molecule has 1 saturated heterocycles. The lowest BCUT2D eigenvalue weighted by Gasteiger charge is -2.12. The molecule has 0 aromatic rings. The Balaban J connectivity index is 1.96. The highest BCUT2D eigenvalue weighted by Gasteiger charge is 2.09. The molecule has 0 saturated carbocycles. The van der Waals surface area contributed by atoms with Gasteiger partial charge in [-0.3, -0.25) is 0 Å². The molecule has 0 amide bonds. The number of aliphatic imine (C=N–C) groups is 1. The van der Waals surface area contributed by atoms with Gasteiger partial charge in [-0.2, -0.15) is 0 Å². The summed E-state index contributed by atoms with van der Waals surface area (Å²) in [6.07, 6.45) is 3.96. The maximum atomic E-state index is 3.82. The van der Waals surface area contributed by atoms with Crippen molar-refractivity contribution in [1.29, 1.82) is 0 Å². The van der Waals surface area contributed by atoms with Crippen molar-refractivity contribution in [2.24, 2.45) is 4.99 Å². The van der Waals surface area contributed by atoms with Crippen LogP contribution in [0.25, 0.3) is 0 Å². The van der Waals surface area contributed by atoms with Gasteiger partial charge in [0.1, 0.15) is 0 Å². The number of likely N-dealkylation sites (tertiary alicyclic amines) is 1. The molecule has 0 atom stereocenters. The minimum absolute atomic E-state index is 0.927. The second-order valence-electron chi connectivity index (χ2n) is 2.85. The summed E-state index contributed by atoms with van der Waals surface area (Å²) < 4.78 is 0. The third-order valence-electron chi connectivity index (χ3n) is 1.99. The summed E-state index contributed by atoms with van der Waals surface area (Å²) in [7, 11) is 0. The van der Waals surface area contributed by atoms with Crippen LogP contribution in [-0.2, 0) is 0 Å². The molecule has 1 aliphatic heterocycles. The van der Waals surface area contributed by atoms with E-state index in [2.05, 4.69) is 16.6 Å². The first-order valence-corrected chi connectivity index (χ1v) is 4.08. The average molecular weight is 140 g/mol. The van der Waals surface area contributed by atoms with Gasteiger partial charge in [0.2, 0.25) is 0 Å². The van der Waals surface area contributed by atoms with E-state index in [1.807, 2.05) is 0 Å². The van der Waals surface area contributed by atoms with E-state index in [9.17, 15) is 0 Å². The lowest BCUT2D eigenvalue weighted by atomic mass is 10.4. The average Bonchev–Trinajstić information content (AvgIpc) is 2.41. The van der Waals surface area contributed by atoms with Gasteiger partial charge < -0.3 is 9.89 Å². The van der Waals surface area contributed by atoms with Crippen LogP contribution >= 0.6 is 0 Å². The minimum atomic E-state index is 0.927. The Kier molecular flexibility index (Phi) is 3.44. The summed E-state index contributed by atoms with van der Waals surface area (Å²) in [5.41, 5.74) is 0. The van der Waals surface area contributed by atoms with E-state index in [0.717, 1.165) is 6.54 Å². The number of hydrogen-bond donors (Lipinski definition) is 0. The quantitative estimate of drug-likeness (QED) is 0.423. The molecule has 0 aromatic heterocycles. The van der Waals surface area contributed by atoms with Gasteiger partial charge in [-0.25, -0.2) is 0 Å². The Labute approximate surface area is 62.9 Å². The van der Waals surface area contributed by atoms with Crippen molar-refractivity contribution >= 4 is 6.72 Å². The van der Waals surface area contributed by atoms with Gasteiger partial charge in [0, 0.05) is 6.54 Å². The van der Waals surface area contributed by atoms with Crippen molar-refractivity contribution in [1.82, 2.24) is 4.90 Å². The van der Waals surface area contributed by atoms with Gasteiger partial charge in [-0.05, 0) is 45.6 Å². The Morgan fingerprint density at radius 2 is 2.00 bits per heavy atom. The maximum absolute atomic E-state index is 3.82. The third kappa shape index (κ3) is 2.48. The molecule has 0 spiro atoms. The molecular formula is C8H16N2. The summed E-state index contributed by atoms with van der Waals surface area (Å²) in [5, 5.41) is 0. The van der Waals surface area contributed by atoms with Crippen LogP contribution in [0.4, 0.5) is 0 Å². The zero-order chi connectivity index (χ0) is 7.23. The monoisotopic (exact) mass is 140 g/mol. The zero-order valence-corrected chi connectivity index (χ0v) is 6.55. The largest absolute Gasteiger partial charge is 0.303 e. The first-order valence-electron chi connectivity index (χ1n) is 4.08. The Morgan fingerprint density at radius 1 is 1.30 bits per heavy atom. The topological polar surface area (TPSA) is 15.6 Å². The molecule has 10 heavy (non-hydrogen) atoms. The summed E-state index contributed by atoms with van der Waals surface area (Å²) in [6, 6.07) is 0. The van der Waals surface area contributed by atoms with Crippen molar-refractivity contribution in [3.8, 4) is 0 Å². The van der Waals surface area contributed by atoms with Crippen LogP contribution in [0.15, 0.2) is 4.99 Å². The van der Waals surface area contributed by atoms with E-state index in [0.29, 0.717) is 0 Å². The molecule has 0 unspecified atom stereocenters. The number of hydrogen-bond acceptors (Lipinski definition) is 2. The lowest BCUT2D eigenvalue weighted by Crippen LogP contribution is -2.20. The summed E-state index contributed by atoms with van der Waals surface area (Å²) in [5.74, 6) is 0. The molecule has 1 rings (SSSR count). The molecular weight excluding hydrogens is 124 g/mol. The highest BCUT2D eigenvalue weighted by Crippen LogP contribution is 2.06. The van der Waals surface area contributed by atoms with Gasteiger partial charge in [0.25, 0.3) is 0 Å². The highest BCUT2D eigenvalue weighted by molar-refractivity contribution is 5.22. The van der Waals surface area contributed by atoms with Crippen LogP contribution < -0.4 is 0 Å². The van der Waals surface area contributed by atoms with Crippen molar-refractivity contribution < 1.29 is 0 Å². The van der Waals surface area contributed by atoms with Crippen molar-refractivity contribution in [3.05, 3.63) is 0 Å². The van der Waals surface area contributed by atoms with Crippen molar-refractivity contribution in [3.63, 3.8) is 0 Å². The van der Waals surface area contributed by atoms with Crippen LogP contribution in [0.2, 0.25) is 0 Å². The molecule has 0 aromatic carbocycles. The molecule has 0 aliphatic carbocycles. The van der Waals surface area contributed by atoms with E-state index >= 15 is 0 Å². The van der Waals surface area contributed by atoms with Crippen LogP contribution in [0.3, 0.4) is 0 Å². The SMILES string of the molecule is C=NCCCN1CCCC1. The van der Waals surface area contributed by atoms with E-state index in [1.165, 1.54) is 38.9 Å². The number of rotatable bonds is 4. The summed E-state index contributed by atoms with van der Waals surface area (Å²) in [4.78, 5) is 6.33. The first kappa shape index (κ1) is 7.73. The maximum Gasteiger partial charge on any atom is 0.0394 e. The molecule has 0 radical (unpaired) electrons. The Bertz CT molecular complexity index is 95.4. The van der Waals surface area contributed by atoms with E-state index in [4.69, 9.17) is 0 Å².